The average molecular weight is 262 g/mol. The van der Waals surface area contributed by atoms with Crippen LogP contribution in [0.1, 0.15) is 5.89 Å². The molecule has 18 heavy (non-hydrogen) atoms. The van der Waals surface area contributed by atoms with E-state index in [2.05, 4.69) is 15.1 Å². The number of halogens is 1. The molecule has 0 radical (unpaired) electrons. The molecular weight excluding hydrogens is 254 g/mol. The Morgan fingerprint density at radius 3 is 2.67 bits per heavy atom. The van der Waals surface area contributed by atoms with Crippen LogP contribution >= 0.6 is 11.6 Å². The Hall–Kier alpha value is -2.14. The average Bonchev–Trinajstić information content (AvgIpc) is 3.08. The highest BCUT2D eigenvalue weighted by atomic mass is 35.5. The molecule has 0 N–H and O–H groups in total. The third-order valence-corrected chi connectivity index (χ3v) is 2.57. The fourth-order valence-corrected chi connectivity index (χ4v) is 1.61. The number of benzene rings is 1. The second-order valence-electron chi connectivity index (χ2n) is 3.55. The third kappa shape index (κ3) is 2.00. The van der Waals surface area contributed by atoms with Crippen molar-refractivity contribution < 1.29 is 8.94 Å². The van der Waals surface area contributed by atoms with Gasteiger partial charge in [0.15, 0.2) is 5.69 Å². The molecule has 90 valence electrons. The molecule has 0 saturated carbocycles. The Morgan fingerprint density at radius 2 is 1.94 bits per heavy atom. The molecular formula is C12H8ClN3O2. The van der Waals surface area contributed by atoms with Crippen LogP contribution in [0.25, 0.3) is 23.0 Å². The zero-order chi connectivity index (χ0) is 12.4. The molecule has 0 saturated heterocycles. The smallest absolute Gasteiger partial charge is 0.241 e. The maximum Gasteiger partial charge on any atom is 0.241 e. The predicted molar refractivity (Wildman–Crippen MR) is 64.8 cm³/mol. The summed E-state index contributed by atoms with van der Waals surface area (Å²) in [6.07, 6.45) is 1.49. The van der Waals surface area contributed by atoms with Gasteiger partial charge in [0.05, 0.1) is 0 Å². The first-order valence-electron chi connectivity index (χ1n) is 5.26. The molecule has 0 unspecified atom stereocenters. The first-order valence-corrected chi connectivity index (χ1v) is 5.80. The molecule has 0 fully saturated rings. The molecule has 0 atom stereocenters. The van der Waals surface area contributed by atoms with E-state index < -0.39 is 0 Å². The van der Waals surface area contributed by atoms with Gasteiger partial charge in [0.25, 0.3) is 0 Å². The summed E-state index contributed by atoms with van der Waals surface area (Å²) in [5.41, 5.74) is 1.42. The van der Waals surface area contributed by atoms with E-state index in [9.17, 15) is 0 Å². The summed E-state index contributed by atoms with van der Waals surface area (Å²) in [6.45, 7) is 0. The number of alkyl halides is 1. The normalized spacial score (nSPS) is 10.7. The number of nitrogens with zero attached hydrogens (tertiary/aromatic N) is 3. The van der Waals surface area contributed by atoms with E-state index in [4.69, 9.17) is 20.5 Å². The molecule has 0 amide bonds. The molecule has 0 aliphatic rings. The van der Waals surface area contributed by atoms with Crippen molar-refractivity contribution >= 4 is 11.6 Å². The van der Waals surface area contributed by atoms with Crippen LogP contribution in [0.15, 0.2) is 45.5 Å². The Kier molecular flexibility index (Phi) is 2.82. The highest BCUT2D eigenvalue weighted by molar-refractivity contribution is 6.16. The SMILES string of the molecule is ClCc1nc(-c2coc(-c3ccccc3)n2)no1. The maximum atomic E-state index is 5.59. The van der Waals surface area contributed by atoms with Gasteiger partial charge < -0.3 is 8.94 Å². The van der Waals surface area contributed by atoms with Crippen molar-refractivity contribution in [3.63, 3.8) is 0 Å². The van der Waals surface area contributed by atoms with E-state index in [1.807, 2.05) is 30.3 Å². The summed E-state index contributed by atoms with van der Waals surface area (Å²) in [7, 11) is 0. The third-order valence-electron chi connectivity index (χ3n) is 2.34. The minimum atomic E-state index is 0.177. The standard InChI is InChI=1S/C12H8ClN3O2/c13-6-10-15-11(16-18-10)9-7-17-12(14-9)8-4-2-1-3-5-8/h1-5,7H,6H2. The van der Waals surface area contributed by atoms with Crippen LogP contribution in [0.4, 0.5) is 0 Å². The van der Waals surface area contributed by atoms with E-state index in [0.717, 1.165) is 5.56 Å². The van der Waals surface area contributed by atoms with E-state index >= 15 is 0 Å². The van der Waals surface area contributed by atoms with Crippen molar-refractivity contribution in [2.24, 2.45) is 0 Å². The predicted octanol–water partition coefficient (Wildman–Crippen LogP) is 3.13. The Bertz CT molecular complexity index is 648. The van der Waals surface area contributed by atoms with Crippen LogP contribution < -0.4 is 0 Å². The van der Waals surface area contributed by atoms with Gasteiger partial charge in [-0.1, -0.05) is 23.4 Å². The van der Waals surface area contributed by atoms with Crippen molar-refractivity contribution in [2.45, 2.75) is 5.88 Å². The first kappa shape index (κ1) is 11.0. The fraction of sp³-hybridized carbons (Fsp3) is 0.0833. The highest BCUT2D eigenvalue weighted by Crippen LogP contribution is 2.22. The van der Waals surface area contributed by atoms with E-state index in [0.29, 0.717) is 23.3 Å². The summed E-state index contributed by atoms with van der Waals surface area (Å²) >= 11 is 5.59. The Morgan fingerprint density at radius 1 is 1.11 bits per heavy atom. The molecule has 3 aromatic rings. The van der Waals surface area contributed by atoms with Crippen LogP contribution in [0.3, 0.4) is 0 Å². The molecule has 0 aliphatic heterocycles. The topological polar surface area (TPSA) is 65.0 Å². The van der Waals surface area contributed by atoms with Crippen molar-refractivity contribution in [2.75, 3.05) is 0 Å². The fourth-order valence-electron chi connectivity index (χ4n) is 1.50. The largest absolute Gasteiger partial charge is 0.444 e. The zero-order valence-corrected chi connectivity index (χ0v) is 9.96. The second kappa shape index (κ2) is 4.62. The number of rotatable bonds is 3. The molecule has 1 aromatic carbocycles. The molecule has 0 bridgehead atoms. The lowest BCUT2D eigenvalue weighted by atomic mass is 10.2. The zero-order valence-electron chi connectivity index (χ0n) is 9.21. The minimum absolute atomic E-state index is 0.177. The molecule has 5 nitrogen and oxygen atoms in total. The van der Waals surface area contributed by atoms with Crippen LogP contribution in [-0.4, -0.2) is 15.1 Å². The monoisotopic (exact) mass is 261 g/mol. The molecule has 0 spiro atoms. The van der Waals surface area contributed by atoms with Crippen molar-refractivity contribution in [1.29, 1.82) is 0 Å². The van der Waals surface area contributed by atoms with E-state index in [-0.39, 0.29) is 5.88 Å². The van der Waals surface area contributed by atoms with Crippen LogP contribution in [-0.2, 0) is 5.88 Å². The summed E-state index contributed by atoms with van der Waals surface area (Å²) in [4.78, 5) is 8.38. The van der Waals surface area contributed by atoms with Crippen molar-refractivity contribution in [3.8, 4) is 23.0 Å². The van der Waals surface area contributed by atoms with Crippen LogP contribution in [0.5, 0.6) is 0 Å². The minimum Gasteiger partial charge on any atom is -0.444 e. The molecule has 2 aromatic heterocycles. The van der Waals surface area contributed by atoms with Gasteiger partial charge in [-0.25, -0.2) is 4.98 Å². The number of aromatic nitrogens is 3. The van der Waals surface area contributed by atoms with E-state index in [1.54, 1.807) is 0 Å². The van der Waals surface area contributed by atoms with Gasteiger partial charge >= 0.3 is 0 Å². The Labute approximate surface area is 107 Å². The molecule has 2 heterocycles. The van der Waals surface area contributed by atoms with Gasteiger partial charge in [-0.15, -0.1) is 11.6 Å². The van der Waals surface area contributed by atoms with Gasteiger partial charge in [-0.2, -0.15) is 4.98 Å². The molecule has 0 aliphatic carbocycles. The molecule has 3 rings (SSSR count). The summed E-state index contributed by atoms with van der Waals surface area (Å²) in [5.74, 6) is 1.42. The molecule has 6 heteroatoms. The van der Waals surface area contributed by atoms with Crippen molar-refractivity contribution in [1.82, 2.24) is 15.1 Å². The van der Waals surface area contributed by atoms with Crippen molar-refractivity contribution in [3.05, 3.63) is 42.5 Å². The Balaban J connectivity index is 1.94. The highest BCUT2D eigenvalue weighted by Gasteiger charge is 2.13. The van der Waals surface area contributed by atoms with E-state index in [1.165, 1.54) is 6.26 Å². The van der Waals surface area contributed by atoms with Gasteiger partial charge in [0.1, 0.15) is 12.1 Å². The van der Waals surface area contributed by atoms with Gasteiger partial charge in [0.2, 0.25) is 17.6 Å². The maximum absolute atomic E-state index is 5.59. The number of hydrogen-bond acceptors (Lipinski definition) is 5. The quantitative estimate of drug-likeness (QED) is 0.678. The first-order chi connectivity index (χ1) is 8.86. The van der Waals surface area contributed by atoms with Crippen LogP contribution in [0.2, 0.25) is 0 Å². The number of oxazole rings is 1. The van der Waals surface area contributed by atoms with Gasteiger partial charge in [0, 0.05) is 5.56 Å². The lowest BCUT2D eigenvalue weighted by molar-refractivity contribution is 0.391. The van der Waals surface area contributed by atoms with Gasteiger partial charge in [-0.05, 0) is 12.1 Å². The lowest BCUT2D eigenvalue weighted by Gasteiger charge is -1.91. The summed E-state index contributed by atoms with van der Waals surface area (Å²) in [6, 6.07) is 9.59. The van der Waals surface area contributed by atoms with Gasteiger partial charge in [-0.3, -0.25) is 0 Å². The summed E-state index contributed by atoms with van der Waals surface area (Å²) < 4.78 is 10.3. The van der Waals surface area contributed by atoms with Crippen LogP contribution in [0, 0.1) is 0 Å². The lowest BCUT2D eigenvalue weighted by Crippen LogP contribution is -1.82. The second-order valence-corrected chi connectivity index (χ2v) is 3.82. The number of hydrogen-bond donors (Lipinski definition) is 0. The summed E-state index contributed by atoms with van der Waals surface area (Å²) in [5, 5.41) is 3.77.